The molecule has 0 aliphatic carbocycles. The fraction of sp³-hybridized carbons (Fsp3) is 0.167. The Labute approximate surface area is 201 Å². The maximum absolute atomic E-state index is 13.4. The minimum Gasteiger partial charge on any atom is -0.369 e. The number of hydrogen-bond donors (Lipinski definition) is 1. The van der Waals surface area contributed by atoms with Crippen molar-refractivity contribution in [1.82, 2.24) is 4.31 Å². The number of carbonyl (C=O) groups excluding carboxylic acids is 1. The molecule has 178 valence electrons. The molecule has 10 nitrogen and oxygen atoms in total. The van der Waals surface area contributed by atoms with Crippen LogP contribution in [0.2, 0.25) is 0 Å². The smallest absolute Gasteiger partial charge is 0.269 e. The molecule has 0 bridgehead atoms. The second kappa shape index (κ2) is 8.51. The topological polar surface area (TPSA) is 139 Å². The Hall–Kier alpha value is -4.25. The van der Waals surface area contributed by atoms with Crippen LogP contribution < -0.4 is 10.6 Å². The zero-order valence-corrected chi connectivity index (χ0v) is 19.3. The average Bonchev–Trinajstić information content (AvgIpc) is 3.48. The molecule has 0 aromatic heterocycles. The van der Waals surface area contributed by atoms with Gasteiger partial charge in [0, 0.05) is 29.9 Å². The number of nitro benzene ring substituents is 1. The van der Waals surface area contributed by atoms with Crippen LogP contribution >= 0.6 is 0 Å². The molecule has 3 aromatic rings. The molecule has 0 spiro atoms. The summed E-state index contributed by atoms with van der Waals surface area (Å²) in [4.78, 5) is 29.3. The van der Waals surface area contributed by atoms with Crippen LogP contribution in [0.25, 0.3) is 0 Å². The van der Waals surface area contributed by atoms with Crippen molar-refractivity contribution >= 4 is 33.3 Å². The fourth-order valence-electron chi connectivity index (χ4n) is 4.35. The van der Waals surface area contributed by atoms with Gasteiger partial charge in [-0.3, -0.25) is 14.9 Å². The van der Waals surface area contributed by atoms with Crippen molar-refractivity contribution < 1.29 is 18.1 Å². The van der Waals surface area contributed by atoms with Crippen molar-refractivity contribution in [1.29, 1.82) is 0 Å². The number of amides is 1. The molecule has 2 heterocycles. The van der Waals surface area contributed by atoms with Gasteiger partial charge < -0.3 is 10.6 Å². The van der Waals surface area contributed by atoms with Crippen molar-refractivity contribution in [3.05, 3.63) is 99.6 Å². The first kappa shape index (κ1) is 22.5. The molecule has 0 saturated carbocycles. The summed E-state index contributed by atoms with van der Waals surface area (Å²) in [6.07, 6.45) is 0.480. The number of guanidine groups is 1. The lowest BCUT2D eigenvalue weighted by Gasteiger charge is -2.20. The Morgan fingerprint density at radius 1 is 1.06 bits per heavy atom. The van der Waals surface area contributed by atoms with Crippen molar-refractivity contribution in [3.8, 4) is 0 Å². The highest BCUT2D eigenvalue weighted by Gasteiger charge is 2.36. The van der Waals surface area contributed by atoms with Crippen LogP contribution in [0.5, 0.6) is 0 Å². The predicted octanol–water partition coefficient (Wildman–Crippen LogP) is 2.86. The standard InChI is InChI=1S/C24H21N5O5S/c25-24-26-21(16-4-2-1-3-5-16)15-28(24)35(33,34)20-10-11-22-18(14-20)12-13-27(22)23(30)17-6-8-19(9-7-17)29(31)32/h1-11,14,21H,12-13,15H2,(H2,25,26)/t21-/m1/s1. The third-order valence-electron chi connectivity index (χ3n) is 6.17. The van der Waals surface area contributed by atoms with Gasteiger partial charge in [-0.15, -0.1) is 0 Å². The van der Waals surface area contributed by atoms with Crippen molar-refractivity contribution in [3.63, 3.8) is 0 Å². The van der Waals surface area contributed by atoms with Gasteiger partial charge in [-0.1, -0.05) is 30.3 Å². The highest BCUT2D eigenvalue weighted by molar-refractivity contribution is 7.89. The minimum atomic E-state index is -3.94. The second-order valence-corrected chi connectivity index (χ2v) is 10.1. The highest BCUT2D eigenvalue weighted by Crippen LogP contribution is 2.34. The summed E-state index contributed by atoms with van der Waals surface area (Å²) in [6.45, 7) is 0.484. The number of nitrogens with zero attached hydrogens (tertiary/aromatic N) is 4. The first-order valence-corrected chi connectivity index (χ1v) is 12.3. The maximum Gasteiger partial charge on any atom is 0.269 e. The van der Waals surface area contributed by atoms with Crippen LogP contribution in [0.4, 0.5) is 11.4 Å². The molecule has 11 heteroatoms. The molecule has 0 unspecified atom stereocenters. The lowest BCUT2D eigenvalue weighted by atomic mass is 10.1. The van der Waals surface area contributed by atoms with Crippen LogP contribution in [0.3, 0.4) is 0 Å². The number of sulfonamides is 1. The molecule has 1 atom stereocenters. The van der Waals surface area contributed by atoms with Crippen LogP contribution in [0, 0.1) is 10.1 Å². The quantitative estimate of drug-likeness (QED) is 0.430. The first-order chi connectivity index (χ1) is 16.8. The Bertz CT molecular complexity index is 1460. The van der Waals surface area contributed by atoms with E-state index in [1.807, 2.05) is 30.3 Å². The second-order valence-electron chi connectivity index (χ2n) is 8.25. The van der Waals surface area contributed by atoms with E-state index < -0.39 is 14.9 Å². The molecule has 3 aromatic carbocycles. The van der Waals surface area contributed by atoms with E-state index in [1.165, 1.54) is 30.3 Å². The molecular weight excluding hydrogens is 470 g/mol. The van der Waals surface area contributed by atoms with E-state index in [4.69, 9.17) is 5.73 Å². The van der Waals surface area contributed by atoms with Gasteiger partial charge >= 0.3 is 0 Å². The fourth-order valence-corrected chi connectivity index (χ4v) is 5.77. The van der Waals surface area contributed by atoms with Gasteiger partial charge in [-0.25, -0.2) is 17.7 Å². The Morgan fingerprint density at radius 3 is 2.46 bits per heavy atom. The van der Waals surface area contributed by atoms with Gasteiger partial charge in [-0.2, -0.15) is 0 Å². The molecule has 35 heavy (non-hydrogen) atoms. The zero-order valence-electron chi connectivity index (χ0n) is 18.4. The average molecular weight is 492 g/mol. The van der Waals surface area contributed by atoms with E-state index >= 15 is 0 Å². The number of benzene rings is 3. The monoisotopic (exact) mass is 491 g/mol. The number of nitro groups is 1. The first-order valence-electron chi connectivity index (χ1n) is 10.9. The summed E-state index contributed by atoms with van der Waals surface area (Å²) in [5, 5.41) is 10.9. The van der Waals surface area contributed by atoms with E-state index in [0.717, 1.165) is 15.4 Å². The molecule has 1 amide bonds. The number of anilines is 1. The summed E-state index contributed by atoms with van der Waals surface area (Å²) in [6, 6.07) is 19.0. The largest absolute Gasteiger partial charge is 0.369 e. The van der Waals surface area contributed by atoms with E-state index in [2.05, 4.69) is 4.99 Å². The minimum absolute atomic E-state index is 0.0608. The van der Waals surface area contributed by atoms with E-state index in [1.54, 1.807) is 17.0 Å². The van der Waals surface area contributed by atoms with Crippen LogP contribution in [-0.4, -0.2) is 42.6 Å². The number of nitrogens with two attached hydrogens (primary N) is 1. The SMILES string of the molecule is NC1=N[C@@H](c2ccccc2)CN1S(=O)(=O)c1ccc2c(c1)CCN2C(=O)c1ccc([N+](=O)[O-])cc1. The summed E-state index contributed by atoms with van der Waals surface area (Å²) >= 11 is 0. The third-order valence-corrected chi connectivity index (χ3v) is 7.94. The number of fused-ring (bicyclic) bond motifs is 1. The van der Waals surface area contributed by atoms with Crippen molar-refractivity contribution in [2.24, 2.45) is 10.7 Å². The van der Waals surface area contributed by atoms with Gasteiger partial charge in [-0.05, 0) is 47.9 Å². The number of rotatable bonds is 5. The molecule has 5 rings (SSSR count). The summed E-state index contributed by atoms with van der Waals surface area (Å²) in [5.74, 6) is -0.370. The van der Waals surface area contributed by atoms with Crippen molar-refractivity contribution in [2.45, 2.75) is 17.4 Å². The molecule has 2 aliphatic rings. The number of aliphatic imine (C=N–C) groups is 1. The lowest BCUT2D eigenvalue weighted by Crippen LogP contribution is -2.39. The number of carbonyl (C=O) groups is 1. The lowest BCUT2D eigenvalue weighted by molar-refractivity contribution is -0.384. The van der Waals surface area contributed by atoms with E-state index in [0.29, 0.717) is 24.2 Å². The summed E-state index contributed by atoms with van der Waals surface area (Å²) in [7, 11) is -3.94. The van der Waals surface area contributed by atoms with Gasteiger partial charge in [0.2, 0.25) is 5.96 Å². The molecule has 2 aliphatic heterocycles. The van der Waals surface area contributed by atoms with Gasteiger partial charge in [0.1, 0.15) is 0 Å². The molecular formula is C24H21N5O5S. The van der Waals surface area contributed by atoms with E-state index in [9.17, 15) is 23.3 Å². The summed E-state index contributed by atoms with van der Waals surface area (Å²) in [5.41, 5.74) is 8.42. The highest BCUT2D eigenvalue weighted by atomic mass is 32.2. The van der Waals surface area contributed by atoms with E-state index in [-0.39, 0.29) is 35.0 Å². The Morgan fingerprint density at radius 2 is 1.77 bits per heavy atom. The number of non-ortho nitro benzene ring substituents is 1. The molecule has 0 fully saturated rings. The normalized spacial score (nSPS) is 17.3. The summed E-state index contributed by atoms with van der Waals surface area (Å²) < 4.78 is 27.9. The molecule has 0 radical (unpaired) electrons. The maximum atomic E-state index is 13.4. The van der Waals surface area contributed by atoms with Gasteiger partial charge in [0.25, 0.3) is 21.6 Å². The Kier molecular flexibility index (Phi) is 5.48. The van der Waals surface area contributed by atoms with Crippen LogP contribution in [-0.2, 0) is 16.4 Å². The zero-order chi connectivity index (χ0) is 24.7. The van der Waals surface area contributed by atoms with Crippen LogP contribution in [0.1, 0.15) is 27.5 Å². The molecule has 2 N–H and O–H groups in total. The molecule has 0 saturated heterocycles. The number of hydrogen-bond acceptors (Lipinski definition) is 7. The van der Waals surface area contributed by atoms with Gasteiger partial charge in [0.15, 0.2) is 0 Å². The third kappa shape index (κ3) is 3.99. The predicted molar refractivity (Wildman–Crippen MR) is 130 cm³/mol. The van der Waals surface area contributed by atoms with Crippen molar-refractivity contribution in [2.75, 3.05) is 18.0 Å². The van der Waals surface area contributed by atoms with Gasteiger partial charge in [0.05, 0.1) is 22.4 Å². The van der Waals surface area contributed by atoms with Crippen LogP contribution in [0.15, 0.2) is 82.7 Å². The Balaban J connectivity index is 1.38.